The molecular formula is C8H13NO3S. The summed E-state index contributed by atoms with van der Waals surface area (Å²) in [4.78, 5) is 0. The highest BCUT2D eigenvalue weighted by atomic mass is 32.2. The lowest BCUT2D eigenvalue weighted by Gasteiger charge is -1.88. The highest BCUT2D eigenvalue weighted by molar-refractivity contribution is 7.66. The quantitative estimate of drug-likeness (QED) is 0.421. The lowest BCUT2D eigenvalue weighted by atomic mass is 10.4. The third kappa shape index (κ3) is 8.97. The van der Waals surface area contributed by atoms with Crippen molar-refractivity contribution in [1.82, 2.24) is 0 Å². The summed E-state index contributed by atoms with van der Waals surface area (Å²) in [6.45, 7) is 3.31. The molecular weight excluding hydrogens is 190 g/mol. The molecule has 0 amide bonds. The van der Waals surface area contributed by atoms with Gasteiger partial charge in [-0.1, -0.05) is 13.0 Å². The molecule has 0 fully saturated rings. The van der Waals surface area contributed by atoms with Crippen LogP contribution in [0.2, 0.25) is 0 Å². The van der Waals surface area contributed by atoms with E-state index in [9.17, 15) is 0 Å². The van der Waals surface area contributed by atoms with Gasteiger partial charge in [-0.3, -0.25) is 0 Å². The van der Waals surface area contributed by atoms with Crippen LogP contribution in [0.3, 0.4) is 0 Å². The Bertz CT molecular complexity index is 277. The Labute approximate surface area is 79.6 Å². The van der Waals surface area contributed by atoms with Crippen LogP contribution in [0.25, 0.3) is 0 Å². The lowest BCUT2D eigenvalue weighted by molar-refractivity contribution is -0.697. The predicted molar refractivity (Wildman–Crippen MR) is 48.0 cm³/mol. The summed E-state index contributed by atoms with van der Waals surface area (Å²) >= 11 is 0. The molecule has 0 aliphatic carbocycles. The zero-order valence-electron chi connectivity index (χ0n) is 7.42. The summed E-state index contributed by atoms with van der Waals surface area (Å²) < 4.78 is 27.6. The zero-order chi connectivity index (χ0) is 10.1. The highest BCUT2D eigenvalue weighted by Gasteiger charge is 1.90. The van der Waals surface area contributed by atoms with Crippen LogP contribution in [0, 0.1) is 0 Å². The minimum atomic E-state index is -3.37. The van der Waals surface area contributed by atoms with Crippen molar-refractivity contribution in [3.05, 3.63) is 30.6 Å². The molecule has 1 aromatic rings. The summed E-state index contributed by atoms with van der Waals surface area (Å²) in [6, 6.07) is 6.14. The van der Waals surface area contributed by atoms with Crippen LogP contribution in [0.5, 0.6) is 0 Å². The number of nitrogens with zero attached hydrogens (tertiary/aromatic N) is 1. The number of thiol groups is 1. The molecule has 0 atom stereocenters. The molecule has 1 heterocycles. The van der Waals surface area contributed by atoms with Crippen LogP contribution < -0.4 is 4.57 Å². The molecule has 1 aromatic heterocycles. The van der Waals surface area contributed by atoms with Crippen molar-refractivity contribution in [2.75, 3.05) is 0 Å². The number of hydrogen-bond donors (Lipinski definition) is 1. The maximum absolute atomic E-state index is 8.48. The van der Waals surface area contributed by atoms with E-state index in [2.05, 4.69) is 36.0 Å². The van der Waals surface area contributed by atoms with Gasteiger partial charge in [0, 0.05) is 18.6 Å². The molecule has 0 N–H and O–H groups in total. The Hall–Kier alpha value is -0.940. The van der Waals surface area contributed by atoms with Crippen LogP contribution in [-0.2, 0) is 17.5 Å². The van der Waals surface area contributed by atoms with E-state index in [-0.39, 0.29) is 0 Å². The van der Waals surface area contributed by atoms with Gasteiger partial charge in [0.1, 0.15) is 6.54 Å². The Kier molecular flexibility index (Phi) is 7.14. The van der Waals surface area contributed by atoms with E-state index in [4.69, 9.17) is 13.0 Å². The Morgan fingerprint density at radius 2 is 1.69 bits per heavy atom. The first-order valence-electron chi connectivity index (χ1n) is 3.92. The molecule has 0 bridgehead atoms. The van der Waals surface area contributed by atoms with Crippen molar-refractivity contribution in [3.8, 4) is 0 Å². The molecule has 0 spiro atoms. The first kappa shape index (κ1) is 12.1. The second kappa shape index (κ2) is 7.70. The Balaban J connectivity index is 0.000000310. The van der Waals surface area contributed by atoms with E-state index in [0.717, 1.165) is 6.54 Å². The van der Waals surface area contributed by atoms with Crippen molar-refractivity contribution < 1.29 is 17.5 Å². The summed E-state index contributed by atoms with van der Waals surface area (Å²) in [5, 5.41) is 0. The molecule has 0 saturated heterocycles. The van der Waals surface area contributed by atoms with Gasteiger partial charge in [0.25, 0.3) is 0 Å². The van der Waals surface area contributed by atoms with E-state index >= 15 is 0 Å². The van der Waals surface area contributed by atoms with E-state index in [1.54, 1.807) is 0 Å². The number of rotatable bonds is 2. The minimum Gasteiger partial charge on any atom is -0.750 e. The molecule has 5 heteroatoms. The zero-order valence-corrected chi connectivity index (χ0v) is 8.31. The first-order chi connectivity index (χ1) is 6.16. The second-order valence-electron chi connectivity index (χ2n) is 2.34. The van der Waals surface area contributed by atoms with E-state index in [0.29, 0.717) is 0 Å². The second-order valence-corrected chi connectivity index (χ2v) is 2.78. The third-order valence-corrected chi connectivity index (χ3v) is 1.26. The monoisotopic (exact) mass is 203 g/mol. The van der Waals surface area contributed by atoms with Crippen LogP contribution >= 0.6 is 0 Å². The smallest absolute Gasteiger partial charge is 0.168 e. The summed E-state index contributed by atoms with van der Waals surface area (Å²) in [5.41, 5.74) is 0. The Morgan fingerprint density at radius 3 is 2.08 bits per heavy atom. The van der Waals surface area contributed by atoms with Gasteiger partial charge in [-0.15, -0.1) is 0 Å². The minimum absolute atomic E-state index is 1.13. The molecule has 0 radical (unpaired) electrons. The largest absolute Gasteiger partial charge is 0.750 e. The molecule has 0 aliphatic heterocycles. The Morgan fingerprint density at radius 1 is 1.23 bits per heavy atom. The van der Waals surface area contributed by atoms with Crippen LogP contribution in [0.4, 0.5) is 0 Å². The van der Waals surface area contributed by atoms with Gasteiger partial charge in [0.15, 0.2) is 12.4 Å². The van der Waals surface area contributed by atoms with Gasteiger partial charge in [-0.2, -0.15) is 0 Å². The van der Waals surface area contributed by atoms with Gasteiger partial charge in [-0.25, -0.2) is 13.0 Å². The van der Waals surface area contributed by atoms with Gasteiger partial charge in [0.05, 0.1) is 11.0 Å². The molecule has 0 aromatic carbocycles. The van der Waals surface area contributed by atoms with Crippen LogP contribution in [-0.4, -0.2) is 13.0 Å². The van der Waals surface area contributed by atoms with Crippen LogP contribution in [0.1, 0.15) is 13.3 Å². The van der Waals surface area contributed by atoms with Crippen molar-refractivity contribution in [2.45, 2.75) is 19.9 Å². The SMILES string of the molecule is CCC[n+]1ccccc1.O=[SH](=O)[O-]. The topological polar surface area (TPSA) is 61.1 Å². The molecule has 1 rings (SSSR count). The highest BCUT2D eigenvalue weighted by Crippen LogP contribution is 1.78. The fourth-order valence-electron chi connectivity index (χ4n) is 0.842. The number of hydrogen-bond acceptors (Lipinski definition) is 3. The van der Waals surface area contributed by atoms with E-state index < -0.39 is 11.0 Å². The molecule has 4 nitrogen and oxygen atoms in total. The molecule has 0 aliphatic rings. The molecule has 74 valence electrons. The normalized spacial score (nSPS) is 9.15. The van der Waals surface area contributed by atoms with Crippen molar-refractivity contribution >= 4 is 11.0 Å². The standard InChI is InChI=1S/C8H12N.H2O3S/c1-2-6-9-7-4-3-5-8-9;1-4(2)3/h3-5,7-8H,2,6H2,1H3;4H,(H,1,2,3)/q+1;/p-1. The molecule has 0 saturated carbocycles. The maximum Gasteiger partial charge on any atom is 0.168 e. The summed E-state index contributed by atoms with van der Waals surface area (Å²) in [7, 11) is -3.37. The van der Waals surface area contributed by atoms with Gasteiger partial charge < -0.3 is 4.55 Å². The average Bonchev–Trinajstić information content (AvgIpc) is 2.06. The van der Waals surface area contributed by atoms with E-state index in [1.165, 1.54) is 6.42 Å². The summed E-state index contributed by atoms with van der Waals surface area (Å²) in [5.74, 6) is 0. The number of aryl methyl sites for hydroxylation is 1. The van der Waals surface area contributed by atoms with Crippen molar-refractivity contribution in [2.24, 2.45) is 0 Å². The number of aromatic nitrogens is 1. The van der Waals surface area contributed by atoms with Crippen molar-refractivity contribution in [3.63, 3.8) is 0 Å². The molecule has 13 heavy (non-hydrogen) atoms. The third-order valence-electron chi connectivity index (χ3n) is 1.26. The van der Waals surface area contributed by atoms with Gasteiger partial charge in [-0.05, 0) is 0 Å². The fourth-order valence-corrected chi connectivity index (χ4v) is 0.842. The van der Waals surface area contributed by atoms with Gasteiger partial charge >= 0.3 is 0 Å². The van der Waals surface area contributed by atoms with Crippen LogP contribution in [0.15, 0.2) is 30.6 Å². The predicted octanol–water partition coefficient (Wildman–Crippen LogP) is 0.112. The summed E-state index contributed by atoms with van der Waals surface area (Å²) in [6.07, 6.45) is 5.38. The fraction of sp³-hybridized carbons (Fsp3) is 0.375. The molecule has 0 unspecified atom stereocenters. The van der Waals surface area contributed by atoms with E-state index in [1.807, 2.05) is 6.07 Å². The van der Waals surface area contributed by atoms with Gasteiger partial charge in [0.2, 0.25) is 0 Å². The van der Waals surface area contributed by atoms with Crippen molar-refractivity contribution in [1.29, 1.82) is 0 Å². The first-order valence-corrected chi connectivity index (χ1v) is 5.02. The lowest BCUT2D eigenvalue weighted by Crippen LogP contribution is -2.31. The average molecular weight is 203 g/mol. The number of pyridine rings is 1. The maximum atomic E-state index is 8.48.